The first-order valence-electron chi connectivity index (χ1n) is 4.73. The largest absolute Gasteiger partial charge is 0.462 e. The summed E-state index contributed by atoms with van der Waals surface area (Å²) in [5, 5.41) is 2.56. The molecule has 0 aliphatic rings. The summed E-state index contributed by atoms with van der Waals surface area (Å²) in [5.74, 6) is -0.451. The second kappa shape index (κ2) is 6.38. The van der Waals surface area contributed by atoms with Crippen LogP contribution in [0.15, 0.2) is 23.2 Å². The van der Waals surface area contributed by atoms with E-state index in [-0.39, 0.29) is 0 Å². The molecule has 0 aliphatic heterocycles. The molecule has 0 bridgehead atoms. The zero-order valence-electron chi connectivity index (χ0n) is 8.70. The summed E-state index contributed by atoms with van der Waals surface area (Å²) < 4.78 is 4.98. The van der Waals surface area contributed by atoms with Gasteiger partial charge in [0, 0.05) is 0 Å². The van der Waals surface area contributed by atoms with Crippen LogP contribution in [0.4, 0.5) is 5.69 Å². The van der Waals surface area contributed by atoms with E-state index in [1.54, 1.807) is 12.1 Å². The van der Waals surface area contributed by atoms with Gasteiger partial charge in [-0.05, 0) is 36.8 Å². The van der Waals surface area contributed by atoms with Crippen molar-refractivity contribution in [3.8, 4) is 0 Å². The molecule has 0 N–H and O–H groups in total. The molecule has 1 aromatic carbocycles. The zero-order valence-corrected chi connectivity index (χ0v) is 10.3. The highest BCUT2D eigenvalue weighted by molar-refractivity contribution is 7.78. The lowest BCUT2D eigenvalue weighted by atomic mass is 10.2. The van der Waals surface area contributed by atoms with Crippen molar-refractivity contribution in [1.29, 1.82) is 0 Å². The Morgan fingerprint density at radius 3 is 3.00 bits per heavy atom. The summed E-state index contributed by atoms with van der Waals surface area (Å²) >= 11 is 10.4. The molecule has 0 saturated heterocycles. The Balaban J connectivity index is 2.97. The molecule has 3 nitrogen and oxygen atoms in total. The van der Waals surface area contributed by atoms with E-state index in [1.165, 1.54) is 6.07 Å². The fourth-order valence-corrected chi connectivity index (χ4v) is 1.36. The number of hydrogen-bond donors (Lipinski definition) is 0. The highest BCUT2D eigenvalue weighted by Crippen LogP contribution is 2.22. The van der Waals surface area contributed by atoms with Crippen LogP contribution >= 0.6 is 23.8 Å². The number of halogens is 1. The van der Waals surface area contributed by atoms with Crippen molar-refractivity contribution in [3.63, 3.8) is 0 Å². The Bertz CT molecular complexity index is 442. The van der Waals surface area contributed by atoms with Gasteiger partial charge in [0.1, 0.15) is 0 Å². The van der Waals surface area contributed by atoms with Crippen LogP contribution in [0.2, 0.25) is 5.02 Å². The molecule has 1 rings (SSSR count). The summed E-state index contributed by atoms with van der Waals surface area (Å²) in [7, 11) is 0. The van der Waals surface area contributed by atoms with Gasteiger partial charge in [0.15, 0.2) is 0 Å². The first-order chi connectivity index (χ1) is 7.69. The van der Waals surface area contributed by atoms with E-state index in [9.17, 15) is 4.79 Å². The number of isothiocyanates is 1. The molecule has 0 unspecified atom stereocenters. The van der Waals surface area contributed by atoms with Gasteiger partial charge in [-0.25, -0.2) is 4.79 Å². The average molecular weight is 256 g/mol. The summed E-state index contributed by atoms with van der Waals surface area (Å²) in [6.45, 7) is 2.29. The highest BCUT2D eigenvalue weighted by Gasteiger charge is 2.12. The van der Waals surface area contributed by atoms with Crippen molar-refractivity contribution < 1.29 is 9.53 Å². The highest BCUT2D eigenvalue weighted by atomic mass is 35.5. The van der Waals surface area contributed by atoms with Crippen molar-refractivity contribution >= 4 is 40.6 Å². The monoisotopic (exact) mass is 255 g/mol. The van der Waals surface area contributed by atoms with Gasteiger partial charge < -0.3 is 4.74 Å². The van der Waals surface area contributed by atoms with Crippen LogP contribution in [0.1, 0.15) is 23.7 Å². The van der Waals surface area contributed by atoms with Gasteiger partial charge in [-0.15, -0.1) is 0 Å². The molecule has 16 heavy (non-hydrogen) atoms. The van der Waals surface area contributed by atoms with Gasteiger partial charge in [0.05, 0.1) is 28.0 Å². The van der Waals surface area contributed by atoms with Gasteiger partial charge in [-0.2, -0.15) is 4.99 Å². The number of ether oxygens (including phenoxy) is 1. The van der Waals surface area contributed by atoms with Crippen LogP contribution < -0.4 is 0 Å². The van der Waals surface area contributed by atoms with E-state index in [0.29, 0.717) is 22.9 Å². The van der Waals surface area contributed by atoms with Crippen LogP contribution in [-0.2, 0) is 4.74 Å². The number of carbonyl (C=O) groups excluding carboxylic acids is 1. The van der Waals surface area contributed by atoms with Gasteiger partial charge in [0.25, 0.3) is 0 Å². The quantitative estimate of drug-likeness (QED) is 0.468. The molecule has 0 aliphatic carbocycles. The molecule has 0 amide bonds. The first-order valence-corrected chi connectivity index (χ1v) is 5.52. The number of thiocarbonyl (C=S) groups is 1. The Kier molecular flexibility index (Phi) is 5.12. The summed E-state index contributed by atoms with van der Waals surface area (Å²) in [6, 6.07) is 4.76. The van der Waals surface area contributed by atoms with E-state index in [0.717, 1.165) is 6.42 Å². The minimum Gasteiger partial charge on any atom is -0.462 e. The molecule has 0 spiro atoms. The first kappa shape index (κ1) is 12.8. The van der Waals surface area contributed by atoms with Crippen LogP contribution in [0.25, 0.3) is 0 Å². The standard InChI is InChI=1S/C11H10ClNO2S/c1-2-5-15-11(14)9-6-8(13-7-16)3-4-10(9)12/h3-4,6H,2,5H2,1H3. The SMILES string of the molecule is CCCOC(=O)c1cc(N=C=S)ccc1Cl. The molecule has 5 heteroatoms. The molecular weight excluding hydrogens is 246 g/mol. The van der Waals surface area contributed by atoms with Crippen LogP contribution in [0, 0.1) is 0 Å². The third kappa shape index (κ3) is 3.42. The Hall–Kier alpha value is -1.22. The molecule has 84 valence electrons. The van der Waals surface area contributed by atoms with Crippen molar-refractivity contribution in [2.45, 2.75) is 13.3 Å². The predicted octanol–water partition coefficient (Wildman–Crippen LogP) is 3.64. The third-order valence-corrected chi connectivity index (χ3v) is 2.20. The smallest absolute Gasteiger partial charge is 0.339 e. The number of esters is 1. The second-order valence-corrected chi connectivity index (χ2v) is 3.59. The molecule has 0 heterocycles. The minimum absolute atomic E-state index is 0.293. The fourth-order valence-electron chi connectivity index (χ4n) is 1.06. The predicted molar refractivity (Wildman–Crippen MR) is 66.7 cm³/mol. The maximum Gasteiger partial charge on any atom is 0.339 e. The number of nitrogens with zero attached hydrogens (tertiary/aromatic N) is 1. The van der Waals surface area contributed by atoms with Gasteiger partial charge in [-0.1, -0.05) is 18.5 Å². The average Bonchev–Trinajstić information content (AvgIpc) is 2.29. The molecule has 0 aromatic heterocycles. The van der Waals surface area contributed by atoms with E-state index in [4.69, 9.17) is 16.3 Å². The number of hydrogen-bond acceptors (Lipinski definition) is 4. The molecule has 0 radical (unpaired) electrons. The number of rotatable bonds is 4. The maximum atomic E-state index is 11.6. The van der Waals surface area contributed by atoms with Gasteiger partial charge >= 0.3 is 5.97 Å². The second-order valence-electron chi connectivity index (χ2n) is 3.00. The van der Waals surface area contributed by atoms with E-state index < -0.39 is 5.97 Å². The molecule has 0 fully saturated rings. The lowest BCUT2D eigenvalue weighted by Gasteiger charge is -2.05. The summed E-state index contributed by atoms with van der Waals surface area (Å²) in [4.78, 5) is 15.4. The van der Waals surface area contributed by atoms with Crippen molar-refractivity contribution in [3.05, 3.63) is 28.8 Å². The van der Waals surface area contributed by atoms with Crippen molar-refractivity contribution in [2.75, 3.05) is 6.61 Å². The number of benzene rings is 1. The van der Waals surface area contributed by atoms with E-state index in [1.807, 2.05) is 6.92 Å². The Morgan fingerprint density at radius 1 is 1.62 bits per heavy atom. The lowest BCUT2D eigenvalue weighted by molar-refractivity contribution is 0.0505. The van der Waals surface area contributed by atoms with E-state index in [2.05, 4.69) is 22.4 Å². The van der Waals surface area contributed by atoms with Crippen LogP contribution in [-0.4, -0.2) is 17.7 Å². The fraction of sp³-hybridized carbons (Fsp3) is 0.273. The Morgan fingerprint density at radius 2 is 2.38 bits per heavy atom. The molecular formula is C11H10ClNO2S. The van der Waals surface area contributed by atoms with Gasteiger partial charge in [0.2, 0.25) is 0 Å². The van der Waals surface area contributed by atoms with Crippen LogP contribution in [0.5, 0.6) is 0 Å². The van der Waals surface area contributed by atoms with E-state index >= 15 is 0 Å². The number of carbonyl (C=O) groups is 1. The third-order valence-electron chi connectivity index (χ3n) is 1.78. The molecule has 0 saturated carbocycles. The lowest BCUT2D eigenvalue weighted by Crippen LogP contribution is -2.06. The zero-order chi connectivity index (χ0) is 12.0. The van der Waals surface area contributed by atoms with Crippen molar-refractivity contribution in [1.82, 2.24) is 0 Å². The molecule has 1 aromatic rings. The normalized spacial score (nSPS) is 9.38. The van der Waals surface area contributed by atoms with Crippen molar-refractivity contribution in [2.24, 2.45) is 4.99 Å². The minimum atomic E-state index is -0.451. The number of aliphatic imine (C=N–C) groups is 1. The Labute approximate surface area is 104 Å². The van der Waals surface area contributed by atoms with Crippen LogP contribution in [0.3, 0.4) is 0 Å². The summed E-state index contributed by atoms with van der Waals surface area (Å²) in [5.41, 5.74) is 0.824. The van der Waals surface area contributed by atoms with Gasteiger partial charge in [-0.3, -0.25) is 0 Å². The maximum absolute atomic E-state index is 11.6. The summed E-state index contributed by atoms with van der Waals surface area (Å²) in [6.07, 6.45) is 0.765. The topological polar surface area (TPSA) is 38.7 Å². The molecule has 0 atom stereocenters.